The molecule has 1 aliphatic rings. The highest BCUT2D eigenvalue weighted by molar-refractivity contribution is 5.79. The normalized spacial score (nSPS) is 19.3. The van der Waals surface area contributed by atoms with Crippen LogP contribution in [0.1, 0.15) is 43.1 Å². The van der Waals surface area contributed by atoms with Crippen LogP contribution >= 0.6 is 0 Å². The fraction of sp³-hybridized carbons (Fsp3) is 0.750. The van der Waals surface area contributed by atoms with Crippen LogP contribution in [-0.2, 0) is 18.3 Å². The second-order valence-electron chi connectivity index (χ2n) is 5.84. The van der Waals surface area contributed by atoms with Gasteiger partial charge in [-0.2, -0.15) is 5.10 Å². The predicted molar refractivity (Wildman–Crippen MR) is 89.1 cm³/mol. The molecule has 0 bridgehead atoms. The van der Waals surface area contributed by atoms with Crippen LogP contribution in [0.3, 0.4) is 0 Å². The van der Waals surface area contributed by atoms with E-state index in [0.29, 0.717) is 12.6 Å². The van der Waals surface area contributed by atoms with Crippen LogP contribution in [0.2, 0.25) is 0 Å². The number of nitrogens with one attached hydrogen (secondary N) is 2. The number of nitrogens with zero attached hydrogens (tertiary/aromatic N) is 3. The molecule has 1 fully saturated rings. The smallest absolute Gasteiger partial charge is 0.191 e. The molecule has 22 heavy (non-hydrogen) atoms. The van der Waals surface area contributed by atoms with E-state index in [1.54, 1.807) is 0 Å². The Morgan fingerprint density at radius 2 is 2.18 bits per heavy atom. The van der Waals surface area contributed by atoms with E-state index in [1.807, 2.05) is 18.7 Å². The molecule has 1 aromatic heterocycles. The molecule has 2 N–H and O–H groups in total. The van der Waals surface area contributed by atoms with Crippen molar-refractivity contribution in [2.24, 2.45) is 12.0 Å². The van der Waals surface area contributed by atoms with Crippen LogP contribution in [0.15, 0.2) is 4.99 Å². The summed E-state index contributed by atoms with van der Waals surface area (Å²) in [5, 5.41) is 11.1. The zero-order valence-corrected chi connectivity index (χ0v) is 14.3. The maximum absolute atomic E-state index is 5.75. The molecule has 1 aromatic rings. The standard InChI is InChI=1S/C16H29N5O/c1-5-17-16(18-10-14-8-6-7-9-22-14)19-11-15-12(2)20-21(4)13(15)3/h14H,5-11H2,1-4H3,(H2,17,18,19). The van der Waals surface area contributed by atoms with E-state index < -0.39 is 0 Å². The van der Waals surface area contributed by atoms with E-state index in [-0.39, 0.29) is 0 Å². The summed E-state index contributed by atoms with van der Waals surface area (Å²) in [6, 6.07) is 0. The van der Waals surface area contributed by atoms with Crippen molar-refractivity contribution in [3.8, 4) is 0 Å². The highest BCUT2D eigenvalue weighted by Crippen LogP contribution is 2.13. The minimum Gasteiger partial charge on any atom is -0.376 e. The first-order chi connectivity index (χ1) is 10.6. The summed E-state index contributed by atoms with van der Waals surface area (Å²) in [5.41, 5.74) is 3.43. The average molecular weight is 307 g/mol. The molecule has 0 amide bonds. The fourth-order valence-corrected chi connectivity index (χ4v) is 2.73. The number of aliphatic imine (C=N–C) groups is 1. The first-order valence-corrected chi connectivity index (χ1v) is 8.24. The predicted octanol–water partition coefficient (Wildman–Crippen LogP) is 1.66. The van der Waals surface area contributed by atoms with E-state index in [4.69, 9.17) is 4.74 Å². The number of guanidine groups is 1. The first-order valence-electron chi connectivity index (χ1n) is 8.24. The Hall–Kier alpha value is -1.56. The number of hydrogen-bond acceptors (Lipinski definition) is 3. The van der Waals surface area contributed by atoms with Crippen molar-refractivity contribution in [3.63, 3.8) is 0 Å². The number of hydrogen-bond donors (Lipinski definition) is 2. The van der Waals surface area contributed by atoms with Crippen LogP contribution in [0, 0.1) is 13.8 Å². The topological polar surface area (TPSA) is 63.5 Å². The van der Waals surface area contributed by atoms with Gasteiger partial charge in [-0.15, -0.1) is 0 Å². The molecule has 1 saturated heterocycles. The monoisotopic (exact) mass is 307 g/mol. The van der Waals surface area contributed by atoms with Crippen LogP contribution in [0.4, 0.5) is 0 Å². The first kappa shape index (κ1) is 16.8. The van der Waals surface area contributed by atoms with Crippen molar-refractivity contribution in [3.05, 3.63) is 17.0 Å². The number of ether oxygens (including phenoxy) is 1. The summed E-state index contributed by atoms with van der Waals surface area (Å²) in [6.07, 6.45) is 3.88. The molecule has 1 atom stereocenters. The summed E-state index contributed by atoms with van der Waals surface area (Å²) < 4.78 is 7.67. The van der Waals surface area contributed by atoms with E-state index in [1.165, 1.54) is 24.1 Å². The fourth-order valence-electron chi connectivity index (χ4n) is 2.73. The minimum absolute atomic E-state index is 0.305. The van der Waals surface area contributed by atoms with Crippen molar-refractivity contribution in [2.75, 3.05) is 19.7 Å². The van der Waals surface area contributed by atoms with Gasteiger partial charge in [0.1, 0.15) is 0 Å². The van der Waals surface area contributed by atoms with Gasteiger partial charge < -0.3 is 15.4 Å². The lowest BCUT2D eigenvalue weighted by atomic mass is 10.1. The van der Waals surface area contributed by atoms with E-state index in [9.17, 15) is 0 Å². The number of rotatable bonds is 5. The van der Waals surface area contributed by atoms with Crippen LogP contribution in [0.5, 0.6) is 0 Å². The van der Waals surface area contributed by atoms with E-state index in [0.717, 1.165) is 37.8 Å². The highest BCUT2D eigenvalue weighted by Gasteiger charge is 2.14. The van der Waals surface area contributed by atoms with Crippen molar-refractivity contribution in [1.29, 1.82) is 0 Å². The third-order valence-electron chi connectivity index (χ3n) is 4.17. The second kappa shape index (κ2) is 8.17. The molecule has 124 valence electrons. The second-order valence-corrected chi connectivity index (χ2v) is 5.84. The SMILES string of the molecule is CCNC(=NCc1c(C)nn(C)c1C)NCC1CCCCO1. The summed E-state index contributed by atoms with van der Waals surface area (Å²) in [4.78, 5) is 4.69. The Kier molecular flexibility index (Phi) is 6.24. The summed E-state index contributed by atoms with van der Waals surface area (Å²) in [7, 11) is 1.97. The van der Waals surface area contributed by atoms with Gasteiger partial charge in [0.25, 0.3) is 0 Å². The van der Waals surface area contributed by atoms with Gasteiger partial charge in [-0.05, 0) is 40.0 Å². The van der Waals surface area contributed by atoms with Crippen LogP contribution < -0.4 is 10.6 Å². The average Bonchev–Trinajstić information content (AvgIpc) is 2.76. The lowest BCUT2D eigenvalue weighted by molar-refractivity contribution is 0.0194. The molecule has 2 heterocycles. The van der Waals surface area contributed by atoms with E-state index in [2.05, 4.69) is 34.6 Å². The molecule has 0 radical (unpaired) electrons. The largest absolute Gasteiger partial charge is 0.376 e. The Morgan fingerprint density at radius 3 is 2.77 bits per heavy atom. The summed E-state index contributed by atoms with van der Waals surface area (Å²) in [6.45, 7) is 9.39. The van der Waals surface area contributed by atoms with Gasteiger partial charge >= 0.3 is 0 Å². The Balaban J connectivity index is 1.94. The van der Waals surface area contributed by atoms with Gasteiger partial charge in [-0.25, -0.2) is 4.99 Å². The third kappa shape index (κ3) is 4.47. The summed E-state index contributed by atoms with van der Waals surface area (Å²) in [5.74, 6) is 0.847. The van der Waals surface area contributed by atoms with Gasteiger partial charge in [0, 0.05) is 38.0 Å². The van der Waals surface area contributed by atoms with Crippen molar-refractivity contribution < 1.29 is 4.74 Å². The van der Waals surface area contributed by atoms with Gasteiger partial charge in [0.05, 0.1) is 18.3 Å². The molecule has 0 saturated carbocycles. The molecule has 6 nitrogen and oxygen atoms in total. The zero-order chi connectivity index (χ0) is 15.9. The molecule has 0 aliphatic carbocycles. The van der Waals surface area contributed by atoms with Gasteiger partial charge in [-0.1, -0.05) is 0 Å². The maximum Gasteiger partial charge on any atom is 0.191 e. The molecule has 0 aromatic carbocycles. The molecule has 0 spiro atoms. The zero-order valence-electron chi connectivity index (χ0n) is 14.3. The van der Waals surface area contributed by atoms with Crippen LogP contribution in [-0.4, -0.2) is 41.5 Å². The minimum atomic E-state index is 0.305. The van der Waals surface area contributed by atoms with Crippen molar-refractivity contribution in [2.45, 2.75) is 52.7 Å². The number of aromatic nitrogens is 2. The third-order valence-corrected chi connectivity index (χ3v) is 4.17. The van der Waals surface area contributed by atoms with Gasteiger partial charge in [0.15, 0.2) is 5.96 Å². The lowest BCUT2D eigenvalue weighted by Gasteiger charge is -2.23. The van der Waals surface area contributed by atoms with Crippen LogP contribution in [0.25, 0.3) is 0 Å². The van der Waals surface area contributed by atoms with Crippen molar-refractivity contribution in [1.82, 2.24) is 20.4 Å². The Labute approximate surface area is 133 Å². The number of aryl methyl sites for hydroxylation is 2. The van der Waals surface area contributed by atoms with E-state index >= 15 is 0 Å². The quantitative estimate of drug-likeness (QED) is 0.641. The maximum atomic E-state index is 5.75. The molecule has 1 unspecified atom stereocenters. The van der Waals surface area contributed by atoms with Gasteiger partial charge in [0.2, 0.25) is 0 Å². The summed E-state index contributed by atoms with van der Waals surface area (Å²) >= 11 is 0. The Morgan fingerprint density at radius 1 is 1.36 bits per heavy atom. The molecule has 6 heteroatoms. The molecular weight excluding hydrogens is 278 g/mol. The highest BCUT2D eigenvalue weighted by atomic mass is 16.5. The molecule has 1 aliphatic heterocycles. The molecule has 2 rings (SSSR count). The lowest BCUT2D eigenvalue weighted by Crippen LogP contribution is -2.42. The van der Waals surface area contributed by atoms with Crippen molar-refractivity contribution >= 4 is 5.96 Å². The molecular formula is C16H29N5O. The van der Waals surface area contributed by atoms with Gasteiger partial charge in [-0.3, -0.25) is 4.68 Å². The Bertz CT molecular complexity index is 503.